The molecule has 3 aromatic rings. The number of hydrogen-bond donors (Lipinski definition) is 1. The molecule has 0 saturated heterocycles. The second-order valence-electron chi connectivity index (χ2n) is 5.29. The van der Waals surface area contributed by atoms with Crippen molar-refractivity contribution >= 4 is 23.0 Å². The number of hydrogen-bond acceptors (Lipinski definition) is 3. The van der Waals surface area contributed by atoms with Gasteiger partial charge < -0.3 is 9.84 Å². The van der Waals surface area contributed by atoms with Crippen LogP contribution in [0.3, 0.4) is 0 Å². The summed E-state index contributed by atoms with van der Waals surface area (Å²) in [7, 11) is 1.35. The van der Waals surface area contributed by atoms with Crippen molar-refractivity contribution in [1.82, 2.24) is 0 Å². The molecule has 0 saturated carbocycles. The van der Waals surface area contributed by atoms with Gasteiger partial charge in [-0.1, -0.05) is 12.1 Å². The van der Waals surface area contributed by atoms with Crippen LogP contribution in [0.2, 0.25) is 0 Å². The number of carbonyl (C=O) groups is 1. The van der Waals surface area contributed by atoms with Gasteiger partial charge in [0.25, 0.3) is 0 Å². The molecule has 1 heterocycles. The number of methoxy groups -OCH3 is 1. The maximum absolute atomic E-state index is 14.1. The highest BCUT2D eigenvalue weighted by atomic mass is 32.1. The lowest BCUT2D eigenvalue weighted by Gasteiger charge is -2.07. The smallest absolute Gasteiger partial charge is 0.345 e. The van der Waals surface area contributed by atoms with Crippen LogP contribution < -0.4 is 4.74 Å². The number of rotatable bonds is 4. The van der Waals surface area contributed by atoms with E-state index in [0.717, 1.165) is 11.3 Å². The third-order valence-electron chi connectivity index (χ3n) is 3.74. The van der Waals surface area contributed by atoms with Crippen LogP contribution in [0.1, 0.15) is 9.67 Å². The normalized spacial score (nSPS) is 10.4. The Hall–Kier alpha value is -3.24. The highest BCUT2D eigenvalue weighted by Crippen LogP contribution is 2.41. The minimum absolute atomic E-state index is 0.0425. The zero-order chi connectivity index (χ0) is 18.8. The first-order valence-electron chi connectivity index (χ1n) is 7.33. The van der Waals surface area contributed by atoms with Gasteiger partial charge in [0, 0.05) is 10.4 Å². The van der Waals surface area contributed by atoms with Gasteiger partial charge in [0.15, 0.2) is 11.6 Å². The van der Waals surface area contributed by atoms with Crippen molar-refractivity contribution in [3.63, 3.8) is 0 Å². The molecule has 0 fully saturated rings. The van der Waals surface area contributed by atoms with Crippen LogP contribution in [0.25, 0.3) is 26.4 Å². The lowest BCUT2D eigenvalue weighted by atomic mass is 10.0. The van der Waals surface area contributed by atoms with Crippen molar-refractivity contribution in [2.45, 2.75) is 0 Å². The minimum Gasteiger partial charge on any atom is -0.494 e. The Bertz CT molecular complexity index is 1050. The third kappa shape index (κ3) is 3.15. The van der Waals surface area contributed by atoms with Gasteiger partial charge in [0.2, 0.25) is 5.69 Å². The monoisotopic (exact) mass is 371 g/mol. The molecule has 1 aromatic heterocycles. The van der Waals surface area contributed by atoms with Crippen molar-refractivity contribution in [3.05, 3.63) is 70.4 Å². The Morgan fingerprint density at radius 2 is 1.81 bits per heavy atom. The standard InChI is InChI=1S/C19H11F2NO3S/c1-22-15-5-3-10(7-13(15)20)12-9-17(19(23)24)26-18(12)11-4-6-16(25-2)14(21)8-11/h3-9H,2H3,(H,23,24). The summed E-state index contributed by atoms with van der Waals surface area (Å²) in [6.07, 6.45) is 0. The first-order chi connectivity index (χ1) is 12.4. The lowest BCUT2D eigenvalue weighted by Crippen LogP contribution is -1.90. The summed E-state index contributed by atoms with van der Waals surface area (Å²) in [5, 5.41) is 9.29. The van der Waals surface area contributed by atoms with E-state index in [1.165, 1.54) is 43.5 Å². The molecule has 4 nitrogen and oxygen atoms in total. The van der Waals surface area contributed by atoms with Crippen molar-refractivity contribution < 1.29 is 23.4 Å². The van der Waals surface area contributed by atoms with Gasteiger partial charge in [0.05, 0.1) is 13.7 Å². The van der Waals surface area contributed by atoms with E-state index in [1.54, 1.807) is 6.07 Å². The molecule has 2 aromatic carbocycles. The molecule has 0 spiro atoms. The number of aromatic carboxylic acids is 1. The average Bonchev–Trinajstić information content (AvgIpc) is 3.07. The molecule has 0 radical (unpaired) electrons. The van der Waals surface area contributed by atoms with Crippen LogP contribution in [0.5, 0.6) is 5.75 Å². The van der Waals surface area contributed by atoms with Crippen LogP contribution in [0, 0.1) is 18.2 Å². The quantitative estimate of drug-likeness (QED) is 0.606. The number of benzene rings is 2. The molecule has 0 aliphatic carbocycles. The summed E-state index contributed by atoms with van der Waals surface area (Å²) in [6.45, 7) is 6.91. The minimum atomic E-state index is -1.13. The summed E-state index contributed by atoms with van der Waals surface area (Å²) < 4.78 is 33.0. The molecule has 0 unspecified atom stereocenters. The van der Waals surface area contributed by atoms with Gasteiger partial charge in [-0.3, -0.25) is 0 Å². The number of halogens is 2. The van der Waals surface area contributed by atoms with Crippen LogP contribution in [0.4, 0.5) is 14.5 Å². The Kier molecular flexibility index (Phi) is 4.69. The molecule has 0 aliphatic rings. The maximum atomic E-state index is 14.1. The van der Waals surface area contributed by atoms with E-state index >= 15 is 0 Å². The summed E-state index contributed by atoms with van der Waals surface area (Å²) in [4.78, 5) is 15.0. The highest BCUT2D eigenvalue weighted by Gasteiger charge is 2.19. The predicted molar refractivity (Wildman–Crippen MR) is 94.9 cm³/mol. The topological polar surface area (TPSA) is 50.9 Å². The van der Waals surface area contributed by atoms with Crippen molar-refractivity contribution in [2.75, 3.05) is 7.11 Å². The molecule has 7 heteroatoms. The Morgan fingerprint density at radius 3 is 2.38 bits per heavy atom. The Labute approximate surface area is 151 Å². The van der Waals surface area contributed by atoms with E-state index in [0.29, 0.717) is 21.6 Å². The molecule has 26 heavy (non-hydrogen) atoms. The van der Waals surface area contributed by atoms with E-state index in [1.807, 2.05) is 0 Å². The van der Waals surface area contributed by atoms with E-state index in [4.69, 9.17) is 11.3 Å². The Morgan fingerprint density at radius 1 is 1.12 bits per heavy atom. The second-order valence-corrected chi connectivity index (χ2v) is 6.34. The second kappa shape index (κ2) is 6.94. The third-order valence-corrected chi connectivity index (χ3v) is 4.91. The van der Waals surface area contributed by atoms with Gasteiger partial charge >= 0.3 is 5.97 Å². The summed E-state index contributed by atoms with van der Waals surface area (Å²) in [6, 6.07) is 9.73. The number of ether oxygens (including phenoxy) is 1. The number of nitrogens with zero attached hydrogens (tertiary/aromatic N) is 1. The fourth-order valence-corrected chi connectivity index (χ4v) is 3.51. The average molecular weight is 371 g/mol. The fraction of sp³-hybridized carbons (Fsp3) is 0.0526. The van der Waals surface area contributed by atoms with Crippen molar-refractivity contribution in [2.24, 2.45) is 0 Å². The SMILES string of the molecule is [C-]#[N+]c1ccc(-c2cc(C(=O)O)sc2-c2ccc(OC)c(F)c2)cc1F. The summed E-state index contributed by atoms with van der Waals surface area (Å²) in [5.41, 5.74) is 1.18. The summed E-state index contributed by atoms with van der Waals surface area (Å²) >= 11 is 0.964. The molecule has 0 bridgehead atoms. The van der Waals surface area contributed by atoms with E-state index in [9.17, 15) is 18.7 Å². The number of carboxylic acids is 1. The lowest BCUT2D eigenvalue weighted by molar-refractivity contribution is 0.0702. The van der Waals surface area contributed by atoms with Crippen LogP contribution in [0.15, 0.2) is 42.5 Å². The molecule has 130 valence electrons. The predicted octanol–water partition coefficient (Wildman–Crippen LogP) is 5.62. The molecule has 0 atom stereocenters. The fourth-order valence-electron chi connectivity index (χ4n) is 2.50. The molecule has 0 amide bonds. The molecule has 3 rings (SSSR count). The number of carboxylic acid groups (broad SMARTS) is 1. The van der Waals surface area contributed by atoms with E-state index in [2.05, 4.69) is 4.85 Å². The van der Waals surface area contributed by atoms with Gasteiger partial charge in [-0.25, -0.2) is 18.4 Å². The van der Waals surface area contributed by atoms with Gasteiger partial charge in [-0.15, -0.1) is 11.3 Å². The summed E-state index contributed by atoms with van der Waals surface area (Å²) in [5.74, 6) is -2.35. The molecule has 1 N–H and O–H groups in total. The molecular formula is C19H11F2NO3S. The van der Waals surface area contributed by atoms with Crippen molar-refractivity contribution in [1.29, 1.82) is 0 Å². The zero-order valence-electron chi connectivity index (χ0n) is 13.4. The number of thiophene rings is 1. The van der Waals surface area contributed by atoms with Crippen LogP contribution in [-0.2, 0) is 0 Å². The van der Waals surface area contributed by atoms with E-state index < -0.39 is 17.6 Å². The zero-order valence-corrected chi connectivity index (χ0v) is 14.2. The largest absolute Gasteiger partial charge is 0.494 e. The van der Waals surface area contributed by atoms with Crippen LogP contribution in [-0.4, -0.2) is 18.2 Å². The van der Waals surface area contributed by atoms with Gasteiger partial charge in [0.1, 0.15) is 10.7 Å². The Balaban J connectivity index is 2.20. The van der Waals surface area contributed by atoms with Crippen molar-refractivity contribution in [3.8, 4) is 27.3 Å². The first kappa shape index (κ1) is 17.6. The van der Waals surface area contributed by atoms with Gasteiger partial charge in [-0.05, 0) is 41.5 Å². The van der Waals surface area contributed by atoms with E-state index in [-0.39, 0.29) is 16.3 Å². The highest BCUT2D eigenvalue weighted by molar-refractivity contribution is 7.18. The molecule has 0 aliphatic heterocycles. The first-order valence-corrected chi connectivity index (χ1v) is 8.14. The molecular weight excluding hydrogens is 360 g/mol. The van der Waals surface area contributed by atoms with Gasteiger partial charge in [-0.2, -0.15) is 0 Å². The maximum Gasteiger partial charge on any atom is 0.345 e. The van der Waals surface area contributed by atoms with Crippen LogP contribution >= 0.6 is 11.3 Å².